The maximum absolute atomic E-state index is 13.0. The molecule has 2 aliphatic rings. The van der Waals surface area contributed by atoms with Crippen molar-refractivity contribution >= 4 is 39.3 Å². The monoisotopic (exact) mass is 447 g/mol. The predicted molar refractivity (Wildman–Crippen MR) is 132 cm³/mol. The summed E-state index contributed by atoms with van der Waals surface area (Å²) in [5, 5.41) is 8.55. The highest BCUT2D eigenvalue weighted by molar-refractivity contribution is 6.10. The first-order chi connectivity index (χ1) is 16.0. The molecule has 1 unspecified atom stereocenters. The van der Waals surface area contributed by atoms with E-state index in [9.17, 15) is 9.59 Å². The van der Waals surface area contributed by atoms with Crippen LogP contribution in [0.25, 0.3) is 21.8 Å². The maximum atomic E-state index is 13.0. The third kappa shape index (κ3) is 4.61. The number of hydrogen-bond donors (Lipinski definition) is 2. The summed E-state index contributed by atoms with van der Waals surface area (Å²) in [4.78, 5) is 29.5. The molecule has 1 saturated heterocycles. The van der Waals surface area contributed by atoms with Crippen molar-refractivity contribution < 1.29 is 9.59 Å². The Bertz CT molecular complexity index is 1170. The summed E-state index contributed by atoms with van der Waals surface area (Å²) >= 11 is 0. The van der Waals surface area contributed by atoms with E-state index in [4.69, 9.17) is 0 Å². The van der Waals surface area contributed by atoms with Gasteiger partial charge in [-0.05, 0) is 51.0 Å². The number of rotatable bonds is 7. The van der Waals surface area contributed by atoms with Gasteiger partial charge in [0.15, 0.2) is 0 Å². The van der Waals surface area contributed by atoms with E-state index in [-0.39, 0.29) is 17.9 Å². The number of para-hydroxylation sites is 1. The fraction of sp³-hybridized carbons (Fsp3) is 0.462. The Balaban J connectivity index is 1.21. The minimum Gasteiger partial charge on any atom is -0.352 e. The summed E-state index contributed by atoms with van der Waals surface area (Å²) in [5.41, 5.74) is 3.23. The van der Waals surface area contributed by atoms with Crippen molar-refractivity contribution in [3.05, 3.63) is 42.5 Å². The van der Waals surface area contributed by atoms with Crippen LogP contribution in [0.4, 0.5) is 5.69 Å². The van der Waals surface area contributed by atoms with Crippen molar-refractivity contribution in [1.82, 2.24) is 19.7 Å². The minimum absolute atomic E-state index is 0.00788. The summed E-state index contributed by atoms with van der Waals surface area (Å²) < 4.78 is 2.31. The number of fused-ring (bicyclic) bond motifs is 3. The molecule has 7 heteroatoms. The Morgan fingerprint density at radius 1 is 1.00 bits per heavy atom. The zero-order valence-corrected chi connectivity index (χ0v) is 19.5. The van der Waals surface area contributed by atoms with Gasteiger partial charge in [-0.3, -0.25) is 19.4 Å². The SMILES string of the molecule is CCn1c2ccccc2c2cc(NC(=O)C(C)N3CCN(CC(=O)NC4CC4)CC3)ccc21. The molecule has 2 fully saturated rings. The third-order valence-electron chi connectivity index (χ3n) is 7.00. The predicted octanol–water partition coefficient (Wildman–Crippen LogP) is 3.04. The fourth-order valence-corrected chi connectivity index (χ4v) is 4.90. The van der Waals surface area contributed by atoms with Gasteiger partial charge in [0, 0.05) is 66.3 Å². The quantitative estimate of drug-likeness (QED) is 0.584. The molecule has 1 aromatic heterocycles. The lowest BCUT2D eigenvalue weighted by atomic mass is 10.1. The highest BCUT2D eigenvalue weighted by atomic mass is 16.2. The lowest BCUT2D eigenvalue weighted by Crippen LogP contribution is -2.54. The normalized spacial score (nSPS) is 18.5. The van der Waals surface area contributed by atoms with Gasteiger partial charge in [-0.2, -0.15) is 0 Å². The zero-order valence-electron chi connectivity index (χ0n) is 19.5. The van der Waals surface area contributed by atoms with Gasteiger partial charge in [0.25, 0.3) is 0 Å². The van der Waals surface area contributed by atoms with Crippen molar-refractivity contribution in [3.8, 4) is 0 Å². The number of hydrogen-bond acceptors (Lipinski definition) is 4. The van der Waals surface area contributed by atoms with Crippen molar-refractivity contribution in [2.75, 3.05) is 38.0 Å². The Hall–Kier alpha value is -2.90. The standard InChI is InChI=1S/C26H33N5O2/c1-3-31-23-7-5-4-6-21(23)22-16-20(10-11-24(22)31)28-26(33)18(2)30-14-12-29(13-15-30)17-25(32)27-19-8-9-19/h4-7,10-11,16,18-19H,3,8-9,12-15,17H2,1-2H3,(H,27,32)(H,28,33). The average Bonchev–Trinajstić information content (AvgIpc) is 3.58. The molecule has 0 radical (unpaired) electrons. The van der Waals surface area contributed by atoms with Crippen LogP contribution < -0.4 is 10.6 Å². The van der Waals surface area contributed by atoms with Gasteiger partial charge in [0.05, 0.1) is 12.6 Å². The number of nitrogens with zero attached hydrogens (tertiary/aromatic N) is 3. The summed E-state index contributed by atoms with van der Waals surface area (Å²) in [5.74, 6) is 0.130. The van der Waals surface area contributed by atoms with Crippen LogP contribution in [-0.2, 0) is 16.1 Å². The van der Waals surface area contributed by atoms with Crippen LogP contribution in [0.2, 0.25) is 0 Å². The van der Waals surface area contributed by atoms with E-state index in [0.717, 1.165) is 56.6 Å². The zero-order chi connectivity index (χ0) is 22.9. The molecule has 2 amide bonds. The van der Waals surface area contributed by atoms with E-state index in [2.05, 4.69) is 68.3 Å². The van der Waals surface area contributed by atoms with E-state index >= 15 is 0 Å². The van der Waals surface area contributed by atoms with E-state index in [1.807, 2.05) is 13.0 Å². The second kappa shape index (κ2) is 9.15. The molecule has 33 heavy (non-hydrogen) atoms. The Morgan fingerprint density at radius 3 is 2.45 bits per heavy atom. The molecule has 2 aromatic carbocycles. The van der Waals surface area contributed by atoms with E-state index in [0.29, 0.717) is 12.6 Å². The van der Waals surface area contributed by atoms with Gasteiger partial charge < -0.3 is 15.2 Å². The lowest BCUT2D eigenvalue weighted by Gasteiger charge is -2.37. The van der Waals surface area contributed by atoms with Gasteiger partial charge in [0.1, 0.15) is 0 Å². The molecule has 0 bridgehead atoms. The number of aryl methyl sites for hydroxylation is 1. The minimum atomic E-state index is -0.222. The first kappa shape index (κ1) is 21.9. The van der Waals surface area contributed by atoms with Crippen LogP contribution in [0.3, 0.4) is 0 Å². The third-order valence-corrected chi connectivity index (χ3v) is 7.00. The summed E-state index contributed by atoms with van der Waals surface area (Å²) in [7, 11) is 0. The molecule has 0 spiro atoms. The van der Waals surface area contributed by atoms with E-state index in [1.165, 1.54) is 16.4 Å². The van der Waals surface area contributed by atoms with Crippen LogP contribution in [0, 0.1) is 0 Å². The summed E-state index contributed by atoms with van der Waals surface area (Å²) in [6.07, 6.45) is 2.22. The number of anilines is 1. The number of carbonyl (C=O) groups is 2. The molecule has 1 aliphatic carbocycles. The van der Waals surface area contributed by atoms with Gasteiger partial charge in [-0.25, -0.2) is 0 Å². The second-order valence-electron chi connectivity index (χ2n) is 9.31. The Morgan fingerprint density at radius 2 is 1.73 bits per heavy atom. The molecule has 1 saturated carbocycles. The largest absolute Gasteiger partial charge is 0.352 e. The first-order valence-electron chi connectivity index (χ1n) is 12.1. The van der Waals surface area contributed by atoms with Crippen molar-refractivity contribution in [2.45, 2.75) is 45.3 Å². The lowest BCUT2D eigenvalue weighted by molar-refractivity contribution is -0.124. The molecule has 1 atom stereocenters. The molecule has 2 heterocycles. The van der Waals surface area contributed by atoms with Crippen molar-refractivity contribution in [2.24, 2.45) is 0 Å². The van der Waals surface area contributed by atoms with E-state index < -0.39 is 0 Å². The molecule has 2 N–H and O–H groups in total. The molecule has 3 aromatic rings. The smallest absolute Gasteiger partial charge is 0.241 e. The number of aromatic nitrogens is 1. The number of piperazine rings is 1. The highest BCUT2D eigenvalue weighted by Gasteiger charge is 2.28. The maximum Gasteiger partial charge on any atom is 0.241 e. The first-order valence-corrected chi connectivity index (χ1v) is 12.1. The summed E-state index contributed by atoms with van der Waals surface area (Å²) in [6.45, 7) is 8.66. The van der Waals surface area contributed by atoms with Gasteiger partial charge in [-0.1, -0.05) is 18.2 Å². The number of benzene rings is 2. The summed E-state index contributed by atoms with van der Waals surface area (Å²) in [6, 6.07) is 14.8. The van der Waals surface area contributed by atoms with Crippen molar-refractivity contribution in [3.63, 3.8) is 0 Å². The second-order valence-corrected chi connectivity index (χ2v) is 9.31. The topological polar surface area (TPSA) is 69.6 Å². The highest BCUT2D eigenvalue weighted by Crippen LogP contribution is 2.31. The van der Waals surface area contributed by atoms with E-state index in [1.54, 1.807) is 0 Å². The molecule has 5 rings (SSSR count). The molecular weight excluding hydrogens is 414 g/mol. The van der Waals surface area contributed by atoms with Gasteiger partial charge >= 0.3 is 0 Å². The number of carbonyl (C=O) groups excluding carboxylic acids is 2. The van der Waals surface area contributed by atoms with Gasteiger partial charge in [-0.15, -0.1) is 0 Å². The fourth-order valence-electron chi connectivity index (χ4n) is 4.90. The molecule has 174 valence electrons. The average molecular weight is 448 g/mol. The van der Waals surface area contributed by atoms with Crippen LogP contribution >= 0.6 is 0 Å². The van der Waals surface area contributed by atoms with Crippen LogP contribution in [0.5, 0.6) is 0 Å². The van der Waals surface area contributed by atoms with Crippen molar-refractivity contribution in [1.29, 1.82) is 0 Å². The van der Waals surface area contributed by atoms with Crippen LogP contribution in [-0.4, -0.2) is 71.0 Å². The number of nitrogens with one attached hydrogen (secondary N) is 2. The van der Waals surface area contributed by atoms with Crippen LogP contribution in [0.1, 0.15) is 26.7 Å². The van der Waals surface area contributed by atoms with Crippen LogP contribution in [0.15, 0.2) is 42.5 Å². The molecule has 1 aliphatic heterocycles. The molecular formula is C26H33N5O2. The molecule has 7 nitrogen and oxygen atoms in total. The Labute approximate surface area is 194 Å². The Kier molecular flexibility index (Phi) is 6.08. The number of amides is 2. The van der Waals surface area contributed by atoms with Gasteiger partial charge in [0.2, 0.25) is 11.8 Å².